The molecule has 0 bridgehead atoms. The molecule has 2 N–H and O–H groups in total. The van der Waals surface area contributed by atoms with E-state index in [4.69, 9.17) is 8.85 Å². The molecule has 0 spiro atoms. The highest BCUT2D eigenvalue weighted by atomic mass is 28.4. The number of rotatable bonds is 22. The molecule has 0 aliphatic rings. The average Bonchev–Trinajstić information content (AvgIpc) is 2.63. The molecule has 0 rings (SSSR count). The van der Waals surface area contributed by atoms with E-state index in [0.29, 0.717) is 5.92 Å². The first kappa shape index (κ1) is 33.3. The van der Waals surface area contributed by atoms with E-state index < -0.39 is 17.4 Å². The zero-order chi connectivity index (χ0) is 25.3. The molecule has 0 fully saturated rings. The topological polar surface area (TPSA) is 42.5 Å². The van der Waals surface area contributed by atoms with Gasteiger partial charge in [0.1, 0.15) is 0 Å². The highest BCUT2D eigenvalue weighted by molar-refractivity contribution is 6.67. The Bertz CT molecular complexity index is 409. The van der Waals surface area contributed by atoms with Crippen molar-refractivity contribution in [3.63, 3.8) is 0 Å². The average molecular weight is 503 g/mol. The van der Waals surface area contributed by atoms with Crippen molar-refractivity contribution < 1.29 is 8.85 Å². The molecule has 0 radical (unpaired) electrons. The summed E-state index contributed by atoms with van der Waals surface area (Å²) in [7, 11) is -2.69. The summed E-state index contributed by atoms with van der Waals surface area (Å²) < 4.78 is 13.0. The minimum absolute atomic E-state index is 0.238. The van der Waals surface area contributed by atoms with Crippen molar-refractivity contribution in [1.29, 1.82) is 0 Å². The van der Waals surface area contributed by atoms with Gasteiger partial charge in [-0.2, -0.15) is 0 Å². The van der Waals surface area contributed by atoms with E-state index in [0.717, 1.165) is 50.0 Å². The summed E-state index contributed by atoms with van der Waals surface area (Å²) in [6.07, 6.45) is 4.20. The monoisotopic (exact) mass is 502 g/mol. The molecule has 0 saturated carbocycles. The molecule has 0 atom stereocenters. The van der Waals surface area contributed by atoms with E-state index in [-0.39, 0.29) is 12.2 Å². The van der Waals surface area contributed by atoms with Crippen LogP contribution >= 0.6 is 0 Å². The van der Waals surface area contributed by atoms with E-state index in [1.807, 2.05) is 0 Å². The van der Waals surface area contributed by atoms with Crippen molar-refractivity contribution in [2.45, 2.75) is 131 Å². The van der Waals surface area contributed by atoms with Gasteiger partial charge >= 0.3 is 8.56 Å². The van der Waals surface area contributed by atoms with Gasteiger partial charge in [-0.1, -0.05) is 59.7 Å². The fourth-order valence-corrected chi connectivity index (χ4v) is 13.6. The lowest BCUT2D eigenvalue weighted by Crippen LogP contribution is -2.47. The first-order valence-electron chi connectivity index (χ1n) is 14.2. The van der Waals surface area contributed by atoms with E-state index in [1.165, 1.54) is 37.5 Å². The Morgan fingerprint density at radius 3 is 1.48 bits per heavy atom. The van der Waals surface area contributed by atoms with Gasteiger partial charge < -0.3 is 19.5 Å². The summed E-state index contributed by atoms with van der Waals surface area (Å²) in [6, 6.07) is 6.73. The molecule has 0 amide bonds. The van der Waals surface area contributed by atoms with Crippen LogP contribution in [0.3, 0.4) is 0 Å². The summed E-state index contributed by atoms with van der Waals surface area (Å²) in [5.74, 6) is 2.37. The SMILES string of the molecule is CC(C)C[SiH](CCCNCCCNCCC[Si](CC(C)C)(OC(C)C)OC(C)C)CC(C)C. The van der Waals surface area contributed by atoms with Crippen molar-refractivity contribution in [3.05, 3.63) is 0 Å². The van der Waals surface area contributed by atoms with Crippen LogP contribution in [0.2, 0.25) is 30.2 Å². The summed E-state index contributed by atoms with van der Waals surface area (Å²) in [4.78, 5) is 0. The number of hydrogen-bond donors (Lipinski definition) is 2. The third-order valence-electron chi connectivity index (χ3n) is 5.81. The van der Waals surface area contributed by atoms with Crippen LogP contribution in [0.1, 0.15) is 88.5 Å². The van der Waals surface area contributed by atoms with Crippen LogP contribution < -0.4 is 10.6 Å². The highest BCUT2D eigenvalue weighted by Crippen LogP contribution is 2.28. The maximum Gasteiger partial charge on any atom is 0.338 e. The first-order valence-corrected chi connectivity index (χ1v) is 18.9. The Kier molecular flexibility index (Phi) is 19.6. The lowest BCUT2D eigenvalue weighted by Gasteiger charge is -2.35. The molecule has 0 aromatic carbocycles. The van der Waals surface area contributed by atoms with Gasteiger partial charge in [-0.25, -0.2) is 0 Å². The molecule has 200 valence electrons. The molecular weight excluding hydrogens is 440 g/mol. The second kappa shape index (κ2) is 19.5. The van der Waals surface area contributed by atoms with Gasteiger partial charge in [0.05, 0.1) is 0 Å². The minimum Gasteiger partial charge on any atom is -0.392 e. The van der Waals surface area contributed by atoms with Crippen LogP contribution in [0.25, 0.3) is 0 Å². The summed E-state index contributed by atoms with van der Waals surface area (Å²) in [5.41, 5.74) is 0. The fourth-order valence-electron chi connectivity index (χ4n) is 5.08. The van der Waals surface area contributed by atoms with E-state index >= 15 is 0 Å². The highest BCUT2D eigenvalue weighted by Gasteiger charge is 2.39. The maximum atomic E-state index is 6.48. The third-order valence-corrected chi connectivity index (χ3v) is 14.6. The van der Waals surface area contributed by atoms with Gasteiger partial charge in [-0.15, -0.1) is 0 Å². The van der Waals surface area contributed by atoms with Crippen LogP contribution in [-0.2, 0) is 8.85 Å². The molecule has 6 heteroatoms. The lowest BCUT2D eigenvalue weighted by molar-refractivity contribution is 0.101. The molecule has 4 nitrogen and oxygen atoms in total. The van der Waals surface area contributed by atoms with Gasteiger partial charge in [-0.05, 0) is 103 Å². The Balaban J connectivity index is 4.04. The predicted octanol–water partition coefficient (Wildman–Crippen LogP) is 6.82. The van der Waals surface area contributed by atoms with Crippen molar-refractivity contribution in [2.24, 2.45) is 17.8 Å². The van der Waals surface area contributed by atoms with Gasteiger partial charge in [0.15, 0.2) is 0 Å². The predicted molar refractivity (Wildman–Crippen MR) is 153 cm³/mol. The zero-order valence-electron chi connectivity index (χ0n) is 24.3. The fraction of sp³-hybridized carbons (Fsp3) is 1.00. The molecule has 0 aromatic heterocycles. The normalized spacial score (nSPS) is 13.1. The van der Waals surface area contributed by atoms with E-state index in [1.54, 1.807) is 0 Å². The summed E-state index contributed by atoms with van der Waals surface area (Å²) in [6.45, 7) is 27.2. The van der Waals surface area contributed by atoms with Gasteiger partial charge in [0, 0.05) is 21.0 Å². The second-order valence-corrected chi connectivity index (χ2v) is 18.5. The van der Waals surface area contributed by atoms with Crippen LogP contribution in [0, 0.1) is 17.8 Å². The van der Waals surface area contributed by atoms with Crippen LogP contribution in [0.15, 0.2) is 0 Å². The maximum absolute atomic E-state index is 6.48. The zero-order valence-corrected chi connectivity index (χ0v) is 26.4. The summed E-state index contributed by atoms with van der Waals surface area (Å²) >= 11 is 0. The van der Waals surface area contributed by atoms with Crippen LogP contribution in [0.5, 0.6) is 0 Å². The Hall–Kier alpha value is 0.274. The van der Waals surface area contributed by atoms with E-state index in [2.05, 4.69) is 79.9 Å². The minimum atomic E-state index is -2.15. The largest absolute Gasteiger partial charge is 0.392 e. The first-order chi connectivity index (χ1) is 15.5. The Morgan fingerprint density at radius 2 is 1.06 bits per heavy atom. The van der Waals surface area contributed by atoms with Crippen molar-refractivity contribution in [2.75, 3.05) is 26.2 Å². The molecule has 0 unspecified atom stereocenters. The lowest BCUT2D eigenvalue weighted by atomic mass is 10.3. The Labute approximate surface area is 211 Å². The standard InChI is InChI=1S/C27H62N2O2Si2/c1-23(2)20-32(21-24(3)4)18-12-16-28-14-11-15-29-17-13-19-33(22-25(5)6,30-26(7)8)31-27(9)10/h23-29,32H,11-22H2,1-10H3. The smallest absolute Gasteiger partial charge is 0.338 e. The van der Waals surface area contributed by atoms with Crippen molar-refractivity contribution in [1.82, 2.24) is 10.6 Å². The van der Waals surface area contributed by atoms with Gasteiger partial charge in [0.25, 0.3) is 0 Å². The third kappa shape index (κ3) is 20.2. The molecule has 0 aliphatic heterocycles. The molecule has 0 aromatic rings. The number of nitrogens with one attached hydrogen (secondary N) is 2. The Morgan fingerprint density at radius 1 is 0.606 bits per heavy atom. The molecular formula is C27H62N2O2Si2. The van der Waals surface area contributed by atoms with Gasteiger partial charge in [-0.3, -0.25) is 0 Å². The molecule has 0 aliphatic carbocycles. The second-order valence-electron chi connectivity index (χ2n) is 12.1. The quantitative estimate of drug-likeness (QED) is 0.126. The molecule has 0 heterocycles. The summed E-state index contributed by atoms with van der Waals surface area (Å²) in [5, 5.41) is 7.32. The number of hydrogen-bond acceptors (Lipinski definition) is 4. The molecule has 0 saturated heterocycles. The van der Waals surface area contributed by atoms with Crippen molar-refractivity contribution in [3.8, 4) is 0 Å². The molecule has 33 heavy (non-hydrogen) atoms. The van der Waals surface area contributed by atoms with Crippen molar-refractivity contribution >= 4 is 17.4 Å². The van der Waals surface area contributed by atoms with Crippen LogP contribution in [0.4, 0.5) is 0 Å². The van der Waals surface area contributed by atoms with Gasteiger partial charge in [0.2, 0.25) is 0 Å². The van der Waals surface area contributed by atoms with E-state index in [9.17, 15) is 0 Å². The van der Waals surface area contributed by atoms with Crippen LogP contribution in [-0.4, -0.2) is 55.7 Å².